The fourth-order valence-electron chi connectivity index (χ4n) is 3.11. The van der Waals surface area contributed by atoms with Crippen molar-refractivity contribution < 1.29 is 9.90 Å². The first-order valence-corrected chi connectivity index (χ1v) is 8.61. The molecule has 25 heavy (non-hydrogen) atoms. The maximum Gasteiger partial charge on any atom is 0.261 e. The second-order valence-corrected chi connectivity index (χ2v) is 6.69. The van der Waals surface area contributed by atoms with Crippen molar-refractivity contribution in [1.29, 1.82) is 0 Å². The smallest absolute Gasteiger partial charge is 0.261 e. The number of rotatable bonds is 5. The highest BCUT2D eigenvalue weighted by molar-refractivity contribution is 6.32. The van der Waals surface area contributed by atoms with Gasteiger partial charge in [0, 0.05) is 17.5 Å². The van der Waals surface area contributed by atoms with Crippen LogP contribution in [0.1, 0.15) is 24.8 Å². The summed E-state index contributed by atoms with van der Waals surface area (Å²) in [5.74, 6) is -0.129. The van der Waals surface area contributed by atoms with Crippen molar-refractivity contribution in [2.24, 2.45) is 0 Å². The SMILES string of the molecule is C=Cc1cc2ncn(CC(=O)C[C@@H]3NCCC[C@H]3O)c(=O)c2cc1Cl. The van der Waals surface area contributed by atoms with E-state index in [-0.39, 0.29) is 30.3 Å². The lowest BCUT2D eigenvalue weighted by molar-refractivity contribution is -0.121. The molecule has 0 radical (unpaired) electrons. The average Bonchev–Trinajstić information content (AvgIpc) is 2.59. The van der Waals surface area contributed by atoms with Crippen LogP contribution in [0.4, 0.5) is 0 Å². The number of hydrogen-bond acceptors (Lipinski definition) is 5. The second kappa shape index (κ2) is 7.47. The zero-order chi connectivity index (χ0) is 18.0. The largest absolute Gasteiger partial charge is 0.391 e. The van der Waals surface area contributed by atoms with E-state index in [0.717, 1.165) is 13.0 Å². The number of ketones is 1. The van der Waals surface area contributed by atoms with Crippen LogP contribution < -0.4 is 10.9 Å². The summed E-state index contributed by atoms with van der Waals surface area (Å²) in [4.78, 5) is 29.1. The van der Waals surface area contributed by atoms with Gasteiger partial charge in [-0.05, 0) is 37.1 Å². The Morgan fingerprint density at radius 3 is 3.04 bits per heavy atom. The molecular weight excluding hydrogens is 342 g/mol. The van der Waals surface area contributed by atoms with Gasteiger partial charge in [-0.3, -0.25) is 14.2 Å². The highest BCUT2D eigenvalue weighted by Gasteiger charge is 2.25. The monoisotopic (exact) mass is 361 g/mol. The third-order valence-corrected chi connectivity index (χ3v) is 4.83. The number of carbonyl (C=O) groups excluding carboxylic acids is 1. The summed E-state index contributed by atoms with van der Waals surface area (Å²) in [5, 5.41) is 13.9. The van der Waals surface area contributed by atoms with Crippen molar-refractivity contribution in [2.45, 2.75) is 38.0 Å². The molecule has 1 aliphatic rings. The Hall–Kier alpha value is -2.02. The summed E-state index contributed by atoms with van der Waals surface area (Å²) in [6.45, 7) is 4.39. The summed E-state index contributed by atoms with van der Waals surface area (Å²) < 4.78 is 1.28. The van der Waals surface area contributed by atoms with Crippen LogP contribution >= 0.6 is 11.6 Å². The van der Waals surface area contributed by atoms with Gasteiger partial charge in [0.2, 0.25) is 0 Å². The van der Waals surface area contributed by atoms with E-state index in [1.54, 1.807) is 18.2 Å². The number of aliphatic hydroxyl groups excluding tert-OH is 1. The van der Waals surface area contributed by atoms with Crippen LogP contribution in [0.25, 0.3) is 17.0 Å². The van der Waals surface area contributed by atoms with Crippen molar-refractivity contribution in [1.82, 2.24) is 14.9 Å². The first-order valence-electron chi connectivity index (χ1n) is 8.24. The van der Waals surface area contributed by atoms with Crippen molar-refractivity contribution in [3.05, 3.63) is 46.0 Å². The van der Waals surface area contributed by atoms with Gasteiger partial charge in [-0.1, -0.05) is 24.3 Å². The van der Waals surface area contributed by atoms with Crippen molar-refractivity contribution in [3.63, 3.8) is 0 Å². The van der Waals surface area contributed by atoms with Gasteiger partial charge in [-0.25, -0.2) is 4.98 Å². The lowest BCUT2D eigenvalue weighted by Crippen LogP contribution is -2.46. The highest BCUT2D eigenvalue weighted by Crippen LogP contribution is 2.21. The molecule has 0 saturated carbocycles. The summed E-state index contributed by atoms with van der Waals surface area (Å²) in [5.41, 5.74) is 0.901. The highest BCUT2D eigenvalue weighted by atomic mass is 35.5. The number of aliphatic hydroxyl groups is 1. The van der Waals surface area contributed by atoms with E-state index >= 15 is 0 Å². The molecule has 1 aromatic heterocycles. The number of piperidine rings is 1. The number of carbonyl (C=O) groups is 1. The molecule has 0 unspecified atom stereocenters. The Morgan fingerprint density at radius 2 is 2.32 bits per heavy atom. The fraction of sp³-hybridized carbons (Fsp3) is 0.389. The summed E-state index contributed by atoms with van der Waals surface area (Å²) >= 11 is 6.13. The maximum atomic E-state index is 12.6. The molecule has 0 aliphatic carbocycles. The number of hydrogen-bond donors (Lipinski definition) is 2. The zero-order valence-electron chi connectivity index (χ0n) is 13.7. The third kappa shape index (κ3) is 3.81. The molecule has 1 aromatic carbocycles. The van der Waals surface area contributed by atoms with Crippen LogP contribution in [0.2, 0.25) is 5.02 Å². The molecule has 2 heterocycles. The van der Waals surface area contributed by atoms with Crippen LogP contribution in [0.5, 0.6) is 0 Å². The average molecular weight is 362 g/mol. The van der Waals surface area contributed by atoms with Gasteiger partial charge < -0.3 is 10.4 Å². The van der Waals surface area contributed by atoms with Crippen LogP contribution in [0, 0.1) is 0 Å². The molecule has 0 spiro atoms. The van der Waals surface area contributed by atoms with Crippen LogP contribution in [-0.2, 0) is 11.3 Å². The number of fused-ring (bicyclic) bond motifs is 1. The van der Waals surface area contributed by atoms with Gasteiger partial charge in [0.05, 0.1) is 29.9 Å². The van der Waals surface area contributed by atoms with E-state index in [4.69, 9.17) is 11.6 Å². The minimum absolute atomic E-state index is 0.0759. The normalized spacial score (nSPS) is 20.6. The Bertz CT molecular complexity index is 878. The molecule has 2 atom stereocenters. The minimum Gasteiger partial charge on any atom is -0.391 e. The maximum absolute atomic E-state index is 12.6. The predicted octanol–water partition coefficient (Wildman–Crippen LogP) is 1.76. The third-order valence-electron chi connectivity index (χ3n) is 4.50. The van der Waals surface area contributed by atoms with E-state index in [9.17, 15) is 14.7 Å². The lowest BCUT2D eigenvalue weighted by Gasteiger charge is -2.28. The van der Waals surface area contributed by atoms with Gasteiger partial charge in [0.25, 0.3) is 5.56 Å². The molecule has 6 nitrogen and oxygen atoms in total. The van der Waals surface area contributed by atoms with E-state index < -0.39 is 6.10 Å². The Labute approximate surface area is 150 Å². The second-order valence-electron chi connectivity index (χ2n) is 6.29. The van der Waals surface area contributed by atoms with Crippen LogP contribution in [-0.4, -0.2) is 39.1 Å². The summed E-state index contributed by atoms with van der Waals surface area (Å²) in [6, 6.07) is 2.99. The quantitative estimate of drug-likeness (QED) is 0.847. The molecule has 0 amide bonds. The molecule has 3 rings (SSSR count). The van der Waals surface area contributed by atoms with Gasteiger partial charge >= 0.3 is 0 Å². The predicted molar refractivity (Wildman–Crippen MR) is 97.8 cm³/mol. The van der Waals surface area contributed by atoms with Crippen molar-refractivity contribution in [2.75, 3.05) is 6.54 Å². The number of nitrogens with one attached hydrogen (secondary N) is 1. The molecule has 2 N–H and O–H groups in total. The van der Waals surface area contributed by atoms with Crippen molar-refractivity contribution >= 4 is 34.4 Å². The van der Waals surface area contributed by atoms with Gasteiger partial charge in [-0.2, -0.15) is 0 Å². The molecule has 2 aromatic rings. The number of benzene rings is 1. The molecule has 7 heteroatoms. The van der Waals surface area contributed by atoms with E-state index in [0.29, 0.717) is 27.9 Å². The van der Waals surface area contributed by atoms with Crippen molar-refractivity contribution in [3.8, 4) is 0 Å². The fourth-order valence-corrected chi connectivity index (χ4v) is 3.35. The summed E-state index contributed by atoms with van der Waals surface area (Å²) in [7, 11) is 0. The molecule has 1 aliphatic heterocycles. The number of Topliss-reactive ketones (excluding diaryl/α,β-unsaturated/α-hetero) is 1. The first kappa shape index (κ1) is 17.8. The van der Waals surface area contributed by atoms with Gasteiger partial charge in [-0.15, -0.1) is 0 Å². The van der Waals surface area contributed by atoms with Gasteiger partial charge in [0.1, 0.15) is 0 Å². The number of nitrogens with zero attached hydrogens (tertiary/aromatic N) is 2. The minimum atomic E-state index is -0.528. The van der Waals surface area contributed by atoms with Crippen LogP contribution in [0.15, 0.2) is 29.8 Å². The number of aromatic nitrogens is 2. The Morgan fingerprint density at radius 1 is 1.52 bits per heavy atom. The topological polar surface area (TPSA) is 84.2 Å². The molecule has 0 bridgehead atoms. The van der Waals surface area contributed by atoms with Crippen LogP contribution in [0.3, 0.4) is 0 Å². The Kier molecular flexibility index (Phi) is 5.32. The summed E-state index contributed by atoms with van der Waals surface area (Å²) in [6.07, 6.45) is 4.21. The molecule has 132 valence electrons. The first-order chi connectivity index (χ1) is 12.0. The van der Waals surface area contributed by atoms with Gasteiger partial charge in [0.15, 0.2) is 5.78 Å². The molecule has 1 fully saturated rings. The number of halogens is 1. The lowest BCUT2D eigenvalue weighted by atomic mass is 9.97. The van der Waals surface area contributed by atoms with E-state index in [1.807, 2.05) is 0 Å². The van der Waals surface area contributed by atoms with E-state index in [1.165, 1.54) is 10.9 Å². The molecular formula is C18H20ClN3O3. The molecule has 1 saturated heterocycles. The Balaban J connectivity index is 1.81. The zero-order valence-corrected chi connectivity index (χ0v) is 14.5. The standard InChI is InChI=1S/C18H20ClN3O3/c1-2-11-6-15-13(8-14(11)19)18(25)22(10-21-15)9-12(23)7-16-17(24)4-3-5-20-16/h2,6,8,10,16-17,20,24H,1,3-5,7,9H2/t16-,17+/m0/s1. The van der Waals surface area contributed by atoms with E-state index in [2.05, 4.69) is 16.9 Å².